The van der Waals surface area contributed by atoms with Crippen molar-refractivity contribution in [3.8, 4) is 0 Å². The van der Waals surface area contributed by atoms with Crippen molar-refractivity contribution in [1.82, 2.24) is 0 Å². The quantitative estimate of drug-likeness (QED) is 0.276. The van der Waals surface area contributed by atoms with Gasteiger partial charge in [-0.05, 0) is 81.6 Å². The molecule has 0 amide bonds. The van der Waals surface area contributed by atoms with Crippen molar-refractivity contribution in [2.45, 2.75) is 87.6 Å². The fourth-order valence-electron chi connectivity index (χ4n) is 5.98. The lowest BCUT2D eigenvalue weighted by atomic mass is 9.55. The predicted molar refractivity (Wildman–Crippen MR) is 137 cm³/mol. The van der Waals surface area contributed by atoms with Crippen molar-refractivity contribution in [3.63, 3.8) is 0 Å². The highest BCUT2D eigenvalue weighted by atomic mass is 14.7. The van der Waals surface area contributed by atoms with Crippen molar-refractivity contribution < 1.29 is 0 Å². The average molecular weight is 419 g/mol. The molecule has 0 aromatic rings. The maximum absolute atomic E-state index is 6.56. The molecular weight excluding hydrogens is 364 g/mol. The van der Waals surface area contributed by atoms with Crippen LogP contribution in [0, 0.1) is 46.8 Å². The van der Waals surface area contributed by atoms with Crippen LogP contribution in [0.5, 0.6) is 0 Å². The Kier molecular flexibility index (Phi) is 12.5. The molecule has 0 bridgehead atoms. The van der Waals surface area contributed by atoms with Crippen molar-refractivity contribution in [2.24, 2.45) is 58.3 Å². The summed E-state index contributed by atoms with van der Waals surface area (Å²) in [5.74, 6) is 3.65. The van der Waals surface area contributed by atoms with Gasteiger partial charge in [0.15, 0.2) is 0 Å². The van der Waals surface area contributed by atoms with Gasteiger partial charge in [-0.1, -0.05) is 78.3 Å². The van der Waals surface area contributed by atoms with Crippen molar-refractivity contribution >= 4 is 0 Å². The molecule has 0 spiro atoms. The van der Waals surface area contributed by atoms with Crippen LogP contribution in [0.2, 0.25) is 0 Å². The Morgan fingerprint density at radius 3 is 1.77 bits per heavy atom. The van der Waals surface area contributed by atoms with Gasteiger partial charge in [0.1, 0.15) is 0 Å². The zero-order valence-corrected chi connectivity index (χ0v) is 21.8. The minimum absolute atomic E-state index is 0.116. The third-order valence-electron chi connectivity index (χ3n) is 8.43. The van der Waals surface area contributed by atoms with Gasteiger partial charge in [-0.3, -0.25) is 0 Å². The number of allylic oxidation sites excluding steroid dienone is 3. The smallest absolute Gasteiger partial charge is 0.0187 e. The number of hydrogen-bond acceptors (Lipinski definition) is 2. The second-order valence-electron chi connectivity index (χ2n) is 10.6. The van der Waals surface area contributed by atoms with Gasteiger partial charge in [0.05, 0.1) is 0 Å². The molecule has 0 aromatic heterocycles. The Hall–Kier alpha value is -0.860. The van der Waals surface area contributed by atoms with E-state index in [0.29, 0.717) is 42.1 Å². The minimum atomic E-state index is -0.232. The molecule has 0 saturated heterocycles. The van der Waals surface area contributed by atoms with E-state index in [-0.39, 0.29) is 17.4 Å². The van der Waals surface area contributed by atoms with Gasteiger partial charge in [0, 0.05) is 11.5 Å². The van der Waals surface area contributed by atoms with E-state index in [9.17, 15) is 0 Å². The van der Waals surface area contributed by atoms with Gasteiger partial charge in [-0.15, -0.1) is 6.58 Å². The fraction of sp³-hybridized carbons (Fsp3) is 0.786. The summed E-state index contributed by atoms with van der Waals surface area (Å²) in [4.78, 5) is 0. The van der Waals surface area contributed by atoms with Crippen LogP contribution in [-0.4, -0.2) is 12.6 Å². The first-order valence-corrected chi connectivity index (χ1v) is 12.2. The van der Waals surface area contributed by atoms with Crippen LogP contribution in [-0.2, 0) is 0 Å². The highest BCUT2D eigenvalue weighted by Crippen LogP contribution is 2.52. The zero-order valence-electron chi connectivity index (χ0n) is 21.8. The van der Waals surface area contributed by atoms with Gasteiger partial charge < -0.3 is 11.5 Å². The molecule has 2 nitrogen and oxygen atoms in total. The monoisotopic (exact) mass is 418 g/mol. The van der Waals surface area contributed by atoms with Crippen LogP contribution in [0.4, 0.5) is 0 Å². The van der Waals surface area contributed by atoms with Gasteiger partial charge in [0.25, 0.3) is 0 Å². The summed E-state index contributed by atoms with van der Waals surface area (Å²) in [7, 11) is 0. The molecule has 0 fully saturated rings. The third kappa shape index (κ3) is 6.57. The molecule has 0 aliphatic heterocycles. The van der Waals surface area contributed by atoms with E-state index < -0.39 is 0 Å². The molecular formula is C28H54N2. The molecule has 0 aliphatic carbocycles. The van der Waals surface area contributed by atoms with E-state index in [4.69, 9.17) is 11.5 Å². The summed E-state index contributed by atoms with van der Waals surface area (Å²) in [6.45, 7) is 34.1. The summed E-state index contributed by atoms with van der Waals surface area (Å²) in [5.41, 5.74) is 15.1. The first kappa shape index (κ1) is 29.1. The standard InChI is InChI=1S/C28H54N2/c1-13-15-28(19(5)6,20(7)8)26(17-29)27(23(11)24(12)30)21(9)16-25(14-2)22(10)18(3)4/h13,18,21-27H,1,5,7,14-17,29-30H2,2-4,6,8-12H3. The number of hydrogen-bond donors (Lipinski definition) is 2. The fourth-order valence-corrected chi connectivity index (χ4v) is 5.98. The van der Waals surface area contributed by atoms with Crippen LogP contribution in [0.15, 0.2) is 37.0 Å². The van der Waals surface area contributed by atoms with Crippen LogP contribution in [0.3, 0.4) is 0 Å². The number of nitrogens with two attached hydrogens (primary N) is 2. The van der Waals surface area contributed by atoms with Crippen molar-refractivity contribution in [1.29, 1.82) is 0 Å². The molecule has 0 aliphatic rings. The highest BCUT2D eigenvalue weighted by molar-refractivity contribution is 5.28. The molecule has 4 N–H and O–H groups in total. The molecule has 0 aromatic carbocycles. The van der Waals surface area contributed by atoms with Crippen LogP contribution in [0.1, 0.15) is 81.6 Å². The second-order valence-corrected chi connectivity index (χ2v) is 10.6. The molecule has 0 saturated carbocycles. The largest absolute Gasteiger partial charge is 0.330 e. The average Bonchev–Trinajstić information content (AvgIpc) is 2.66. The van der Waals surface area contributed by atoms with Gasteiger partial charge in [-0.2, -0.15) is 0 Å². The molecule has 176 valence electrons. The van der Waals surface area contributed by atoms with Gasteiger partial charge in [0.2, 0.25) is 0 Å². The summed E-state index contributed by atoms with van der Waals surface area (Å²) < 4.78 is 0. The Labute approximate surface area is 189 Å². The first-order chi connectivity index (χ1) is 13.8. The normalized spacial score (nSPS) is 19.5. The Balaban J connectivity index is 6.40. The van der Waals surface area contributed by atoms with E-state index >= 15 is 0 Å². The second kappa shape index (κ2) is 12.9. The van der Waals surface area contributed by atoms with Crippen LogP contribution < -0.4 is 11.5 Å². The lowest BCUT2D eigenvalue weighted by Gasteiger charge is -2.50. The van der Waals surface area contributed by atoms with E-state index in [1.807, 2.05) is 6.08 Å². The zero-order chi connectivity index (χ0) is 23.8. The Bertz CT molecular complexity index is 531. The Morgan fingerprint density at radius 2 is 1.47 bits per heavy atom. The first-order valence-electron chi connectivity index (χ1n) is 12.2. The summed E-state index contributed by atoms with van der Waals surface area (Å²) >= 11 is 0. The van der Waals surface area contributed by atoms with Gasteiger partial charge >= 0.3 is 0 Å². The number of rotatable bonds is 15. The lowest BCUT2D eigenvalue weighted by Crippen LogP contribution is -2.48. The van der Waals surface area contributed by atoms with E-state index in [1.54, 1.807) is 0 Å². The molecule has 7 atom stereocenters. The summed E-state index contributed by atoms with van der Waals surface area (Å²) in [5, 5.41) is 0. The molecule has 0 radical (unpaired) electrons. The summed E-state index contributed by atoms with van der Waals surface area (Å²) in [6, 6.07) is 0.116. The lowest BCUT2D eigenvalue weighted by molar-refractivity contribution is 0.0615. The maximum atomic E-state index is 6.56. The maximum Gasteiger partial charge on any atom is 0.0187 e. The topological polar surface area (TPSA) is 52.0 Å². The highest BCUT2D eigenvalue weighted by Gasteiger charge is 2.46. The molecule has 0 heterocycles. The Morgan fingerprint density at radius 1 is 0.967 bits per heavy atom. The van der Waals surface area contributed by atoms with Crippen LogP contribution >= 0.6 is 0 Å². The predicted octanol–water partition coefficient (Wildman–Crippen LogP) is 7.22. The van der Waals surface area contributed by atoms with Crippen LogP contribution in [0.25, 0.3) is 0 Å². The summed E-state index contributed by atoms with van der Waals surface area (Å²) in [6.07, 6.45) is 5.27. The molecule has 0 rings (SSSR count). The van der Waals surface area contributed by atoms with E-state index in [0.717, 1.165) is 17.6 Å². The van der Waals surface area contributed by atoms with Crippen molar-refractivity contribution in [2.75, 3.05) is 6.54 Å². The van der Waals surface area contributed by atoms with E-state index in [2.05, 4.69) is 82.1 Å². The van der Waals surface area contributed by atoms with Gasteiger partial charge in [-0.25, -0.2) is 0 Å². The third-order valence-corrected chi connectivity index (χ3v) is 8.43. The molecule has 30 heavy (non-hydrogen) atoms. The van der Waals surface area contributed by atoms with E-state index in [1.165, 1.54) is 12.8 Å². The SMILES string of the molecule is C=CCC(C(=C)C)(C(=C)C)C(CN)C(C(C)CC(CC)C(C)C(C)C)C(C)C(C)N. The minimum Gasteiger partial charge on any atom is -0.330 e. The molecule has 7 unspecified atom stereocenters. The van der Waals surface area contributed by atoms with Crippen molar-refractivity contribution in [3.05, 3.63) is 37.0 Å². The molecule has 2 heteroatoms.